The van der Waals surface area contributed by atoms with Crippen LogP contribution in [0.3, 0.4) is 0 Å². The van der Waals surface area contributed by atoms with Crippen molar-refractivity contribution in [3.8, 4) is 0 Å². The second kappa shape index (κ2) is 7.09. The molecule has 0 atom stereocenters. The average Bonchev–Trinajstić information content (AvgIpc) is 2.85. The highest BCUT2D eigenvalue weighted by Gasteiger charge is 2.15. The zero-order valence-electron chi connectivity index (χ0n) is 11.2. The molecule has 0 unspecified atom stereocenters. The summed E-state index contributed by atoms with van der Waals surface area (Å²) in [7, 11) is 0. The highest BCUT2D eigenvalue weighted by atomic mass is 16.5. The number of aromatic nitrogens is 2. The molecule has 1 aromatic heterocycles. The number of rotatable bonds is 6. The fourth-order valence-electron chi connectivity index (χ4n) is 2.18. The molecular formula is C14H21N3O2. The Balaban J connectivity index is 1.80. The van der Waals surface area contributed by atoms with Crippen molar-refractivity contribution in [3.63, 3.8) is 0 Å². The molecule has 5 nitrogen and oxygen atoms in total. The van der Waals surface area contributed by atoms with Crippen LogP contribution in [0.15, 0.2) is 25.0 Å². The second-order valence-electron chi connectivity index (χ2n) is 4.88. The molecular weight excluding hydrogens is 242 g/mol. The van der Waals surface area contributed by atoms with Gasteiger partial charge in [-0.2, -0.15) is 5.10 Å². The predicted molar refractivity (Wildman–Crippen MR) is 73.8 cm³/mol. The van der Waals surface area contributed by atoms with Gasteiger partial charge in [0, 0.05) is 32.4 Å². The van der Waals surface area contributed by atoms with Crippen LogP contribution in [0.5, 0.6) is 0 Å². The van der Waals surface area contributed by atoms with Gasteiger partial charge in [0.05, 0.1) is 11.9 Å². The summed E-state index contributed by atoms with van der Waals surface area (Å²) in [5, 5.41) is 7.12. The van der Waals surface area contributed by atoms with Crippen molar-refractivity contribution in [2.75, 3.05) is 18.5 Å². The Labute approximate surface area is 113 Å². The van der Waals surface area contributed by atoms with E-state index in [0.717, 1.165) is 38.3 Å². The molecule has 0 radical (unpaired) electrons. The molecule has 0 aromatic carbocycles. The lowest BCUT2D eigenvalue weighted by Crippen LogP contribution is -2.20. The second-order valence-corrected chi connectivity index (χ2v) is 4.88. The molecule has 1 saturated heterocycles. The summed E-state index contributed by atoms with van der Waals surface area (Å²) < 4.78 is 7.24. The van der Waals surface area contributed by atoms with Gasteiger partial charge in [0.15, 0.2) is 0 Å². The van der Waals surface area contributed by atoms with E-state index in [2.05, 4.69) is 17.0 Å². The molecule has 0 bridgehead atoms. The first-order chi connectivity index (χ1) is 9.28. The fraction of sp³-hybridized carbons (Fsp3) is 0.571. The summed E-state index contributed by atoms with van der Waals surface area (Å²) in [6.45, 7) is 6.19. The van der Waals surface area contributed by atoms with Crippen LogP contribution in [0.4, 0.5) is 5.69 Å². The lowest BCUT2D eigenvalue weighted by molar-refractivity contribution is -0.116. The summed E-state index contributed by atoms with van der Waals surface area (Å²) in [5.74, 6) is 0.628. The Kier molecular flexibility index (Phi) is 5.15. The van der Waals surface area contributed by atoms with Crippen molar-refractivity contribution in [3.05, 3.63) is 25.0 Å². The normalized spacial score (nSPS) is 16.2. The number of nitrogens with one attached hydrogen (secondary N) is 1. The predicted octanol–water partition coefficient (Wildman–Crippen LogP) is 2.21. The average molecular weight is 263 g/mol. The van der Waals surface area contributed by atoms with E-state index in [1.54, 1.807) is 12.3 Å². The Morgan fingerprint density at radius 3 is 3.11 bits per heavy atom. The molecule has 0 spiro atoms. The van der Waals surface area contributed by atoms with Gasteiger partial charge in [-0.05, 0) is 25.2 Å². The Morgan fingerprint density at radius 2 is 2.37 bits per heavy atom. The molecule has 1 fully saturated rings. The molecule has 1 aromatic rings. The van der Waals surface area contributed by atoms with Gasteiger partial charge in [-0.15, -0.1) is 6.58 Å². The van der Waals surface area contributed by atoms with Gasteiger partial charge in [0.1, 0.15) is 0 Å². The summed E-state index contributed by atoms with van der Waals surface area (Å²) in [6.07, 6.45) is 8.67. The maximum atomic E-state index is 11.6. The minimum Gasteiger partial charge on any atom is -0.381 e. The first-order valence-corrected chi connectivity index (χ1v) is 6.79. The molecule has 5 heteroatoms. The van der Waals surface area contributed by atoms with Crippen LogP contribution >= 0.6 is 0 Å². The van der Waals surface area contributed by atoms with E-state index in [1.807, 2.05) is 10.9 Å². The first kappa shape index (κ1) is 13.8. The molecule has 19 heavy (non-hydrogen) atoms. The van der Waals surface area contributed by atoms with Crippen LogP contribution in [-0.4, -0.2) is 28.9 Å². The van der Waals surface area contributed by atoms with Gasteiger partial charge in [-0.1, -0.05) is 6.08 Å². The van der Waals surface area contributed by atoms with Gasteiger partial charge in [0.25, 0.3) is 0 Å². The molecule has 104 valence electrons. The number of anilines is 1. The van der Waals surface area contributed by atoms with E-state index in [4.69, 9.17) is 4.74 Å². The molecule has 1 aliphatic rings. The summed E-state index contributed by atoms with van der Waals surface area (Å²) in [6, 6.07) is 0. The molecule has 1 aliphatic heterocycles. The third-order valence-electron chi connectivity index (χ3n) is 3.28. The van der Waals surface area contributed by atoms with E-state index in [-0.39, 0.29) is 5.91 Å². The number of hydrogen-bond acceptors (Lipinski definition) is 3. The minimum absolute atomic E-state index is 0.00511. The van der Waals surface area contributed by atoms with Crippen LogP contribution < -0.4 is 5.32 Å². The van der Waals surface area contributed by atoms with E-state index < -0.39 is 0 Å². The SMILES string of the molecule is C=CCCC(=O)Nc1cnn(CC2CCOCC2)c1. The number of amides is 1. The zero-order valence-corrected chi connectivity index (χ0v) is 11.2. The summed E-state index contributed by atoms with van der Waals surface area (Å²) in [4.78, 5) is 11.6. The molecule has 1 N–H and O–H groups in total. The Morgan fingerprint density at radius 1 is 1.58 bits per heavy atom. The van der Waals surface area contributed by atoms with Crippen molar-refractivity contribution < 1.29 is 9.53 Å². The molecule has 0 saturated carbocycles. The topological polar surface area (TPSA) is 56.2 Å². The Hall–Kier alpha value is -1.62. The smallest absolute Gasteiger partial charge is 0.224 e. The molecule has 2 heterocycles. The quantitative estimate of drug-likeness (QED) is 0.801. The van der Waals surface area contributed by atoms with Crippen molar-refractivity contribution >= 4 is 11.6 Å². The maximum absolute atomic E-state index is 11.6. The van der Waals surface area contributed by atoms with Crippen LogP contribution in [0.1, 0.15) is 25.7 Å². The maximum Gasteiger partial charge on any atom is 0.224 e. The Bertz CT molecular complexity index is 422. The van der Waals surface area contributed by atoms with E-state index in [1.165, 1.54) is 0 Å². The highest BCUT2D eigenvalue weighted by Crippen LogP contribution is 2.17. The van der Waals surface area contributed by atoms with Crippen LogP contribution in [0, 0.1) is 5.92 Å². The van der Waals surface area contributed by atoms with Crippen molar-refractivity contribution in [1.82, 2.24) is 9.78 Å². The van der Waals surface area contributed by atoms with Gasteiger partial charge in [-0.3, -0.25) is 9.48 Å². The van der Waals surface area contributed by atoms with E-state index in [9.17, 15) is 4.79 Å². The van der Waals surface area contributed by atoms with Crippen LogP contribution in [-0.2, 0) is 16.1 Å². The van der Waals surface area contributed by atoms with E-state index >= 15 is 0 Å². The zero-order chi connectivity index (χ0) is 13.5. The van der Waals surface area contributed by atoms with Crippen LogP contribution in [0.2, 0.25) is 0 Å². The van der Waals surface area contributed by atoms with Crippen molar-refractivity contribution in [2.45, 2.75) is 32.2 Å². The molecule has 1 amide bonds. The third kappa shape index (κ3) is 4.52. The molecule has 2 rings (SSSR count). The van der Waals surface area contributed by atoms with E-state index in [0.29, 0.717) is 18.8 Å². The fourth-order valence-corrected chi connectivity index (χ4v) is 2.18. The first-order valence-electron chi connectivity index (χ1n) is 6.79. The molecule has 0 aliphatic carbocycles. The third-order valence-corrected chi connectivity index (χ3v) is 3.28. The number of carbonyl (C=O) groups is 1. The monoisotopic (exact) mass is 263 g/mol. The lowest BCUT2D eigenvalue weighted by atomic mass is 10.0. The highest BCUT2D eigenvalue weighted by molar-refractivity contribution is 5.90. The minimum atomic E-state index is 0.00511. The summed E-state index contributed by atoms with van der Waals surface area (Å²) >= 11 is 0. The number of ether oxygens (including phenoxy) is 1. The number of hydrogen-bond donors (Lipinski definition) is 1. The van der Waals surface area contributed by atoms with Crippen molar-refractivity contribution in [1.29, 1.82) is 0 Å². The van der Waals surface area contributed by atoms with Gasteiger partial charge < -0.3 is 10.1 Å². The van der Waals surface area contributed by atoms with Gasteiger partial charge in [-0.25, -0.2) is 0 Å². The number of nitrogens with zero attached hydrogens (tertiary/aromatic N) is 2. The summed E-state index contributed by atoms with van der Waals surface area (Å²) in [5.41, 5.74) is 0.765. The number of allylic oxidation sites excluding steroid dienone is 1. The largest absolute Gasteiger partial charge is 0.381 e. The standard InChI is InChI=1S/C14H21N3O2/c1-2-3-4-14(18)16-13-9-15-17(11-13)10-12-5-7-19-8-6-12/h2,9,11-12H,1,3-8,10H2,(H,16,18). The number of carbonyl (C=O) groups excluding carboxylic acids is 1. The van der Waals surface area contributed by atoms with Gasteiger partial charge >= 0.3 is 0 Å². The lowest BCUT2D eigenvalue weighted by Gasteiger charge is -2.21. The van der Waals surface area contributed by atoms with Gasteiger partial charge in [0.2, 0.25) is 5.91 Å². The van der Waals surface area contributed by atoms with Crippen LogP contribution in [0.25, 0.3) is 0 Å². The van der Waals surface area contributed by atoms with Crippen molar-refractivity contribution in [2.24, 2.45) is 5.92 Å².